The number of rotatable bonds is 7. The predicted molar refractivity (Wildman–Crippen MR) is 233 cm³/mol. The second-order valence-corrected chi connectivity index (χ2v) is 14.8. The molecule has 0 saturated heterocycles. The van der Waals surface area contributed by atoms with Gasteiger partial charge in [0.1, 0.15) is 0 Å². The zero-order chi connectivity index (χ0) is 35.8. The van der Waals surface area contributed by atoms with Crippen LogP contribution in [0.4, 0.5) is 17.1 Å². The Morgan fingerprint density at radius 3 is 1.61 bits per heavy atom. The fourth-order valence-electron chi connectivity index (χ4n) is 7.81. The molecular formula is C52H35NS. The van der Waals surface area contributed by atoms with Gasteiger partial charge in [-0.05, 0) is 104 Å². The molecule has 54 heavy (non-hydrogen) atoms. The van der Waals surface area contributed by atoms with Crippen LogP contribution in [0.25, 0.3) is 75.5 Å². The summed E-state index contributed by atoms with van der Waals surface area (Å²) in [4.78, 5) is 2.44. The van der Waals surface area contributed by atoms with Crippen molar-refractivity contribution in [1.29, 1.82) is 0 Å². The molecular weight excluding hydrogens is 671 g/mol. The second-order valence-electron chi connectivity index (χ2n) is 13.7. The van der Waals surface area contributed by atoms with Crippen LogP contribution in [-0.4, -0.2) is 0 Å². The summed E-state index contributed by atoms with van der Waals surface area (Å²) in [5.41, 5.74) is 13.1. The third-order valence-corrected chi connectivity index (χ3v) is 11.6. The molecule has 0 unspecified atom stereocenters. The monoisotopic (exact) mass is 705 g/mol. The Kier molecular flexibility index (Phi) is 8.09. The molecule has 0 N–H and O–H groups in total. The van der Waals surface area contributed by atoms with E-state index in [0.717, 1.165) is 11.4 Å². The molecule has 0 atom stereocenters. The van der Waals surface area contributed by atoms with Gasteiger partial charge in [0.05, 0.1) is 5.69 Å². The van der Waals surface area contributed by atoms with Crippen LogP contribution in [0.3, 0.4) is 0 Å². The van der Waals surface area contributed by atoms with Crippen LogP contribution >= 0.6 is 11.3 Å². The van der Waals surface area contributed by atoms with E-state index < -0.39 is 0 Å². The molecule has 0 spiro atoms. The summed E-state index contributed by atoms with van der Waals surface area (Å²) in [5.74, 6) is 0. The molecule has 0 saturated carbocycles. The van der Waals surface area contributed by atoms with E-state index in [1.165, 1.54) is 81.1 Å². The van der Waals surface area contributed by atoms with Crippen LogP contribution in [0.15, 0.2) is 212 Å². The lowest BCUT2D eigenvalue weighted by Gasteiger charge is -2.27. The van der Waals surface area contributed by atoms with E-state index in [1.54, 1.807) is 0 Å². The molecule has 0 aliphatic carbocycles. The minimum Gasteiger partial charge on any atom is -0.310 e. The molecule has 0 radical (unpaired) electrons. The quantitative estimate of drug-likeness (QED) is 0.160. The van der Waals surface area contributed by atoms with Crippen molar-refractivity contribution < 1.29 is 0 Å². The van der Waals surface area contributed by atoms with Gasteiger partial charge in [0.15, 0.2) is 0 Å². The lowest BCUT2D eigenvalue weighted by atomic mass is 9.94. The van der Waals surface area contributed by atoms with E-state index >= 15 is 0 Å². The largest absolute Gasteiger partial charge is 0.310 e. The third kappa shape index (κ3) is 5.84. The number of hydrogen-bond donors (Lipinski definition) is 0. The number of benzene rings is 9. The number of nitrogens with zero attached hydrogens (tertiary/aromatic N) is 1. The maximum atomic E-state index is 2.44. The molecule has 0 fully saturated rings. The Bertz CT molecular complexity index is 2910. The molecule has 1 heterocycles. The zero-order valence-corrected chi connectivity index (χ0v) is 30.4. The molecule has 2 heteroatoms. The maximum absolute atomic E-state index is 2.44. The summed E-state index contributed by atoms with van der Waals surface area (Å²) < 4.78 is 2.56. The predicted octanol–water partition coefficient (Wildman–Crippen LogP) is 15.3. The fraction of sp³-hybridized carbons (Fsp3) is 0. The SMILES string of the molecule is c1ccc(-c2ccc(N(c3cccc(-c4cccc5ccc(-c6ccccc6)cc45)c3)c3cccc4sc5cc(-c6ccccc6)ccc5c34)cc2)cc1. The number of thiophene rings is 1. The maximum Gasteiger partial charge on any atom is 0.0554 e. The van der Waals surface area contributed by atoms with E-state index in [9.17, 15) is 0 Å². The van der Waals surface area contributed by atoms with E-state index in [0.29, 0.717) is 0 Å². The van der Waals surface area contributed by atoms with Gasteiger partial charge < -0.3 is 4.90 Å². The van der Waals surface area contributed by atoms with Gasteiger partial charge in [-0.25, -0.2) is 0 Å². The Hall–Kier alpha value is -6.74. The summed E-state index contributed by atoms with van der Waals surface area (Å²) in [6.07, 6.45) is 0. The average molecular weight is 706 g/mol. The van der Waals surface area contributed by atoms with Gasteiger partial charge in [-0.1, -0.05) is 164 Å². The van der Waals surface area contributed by atoms with Gasteiger partial charge in [-0.3, -0.25) is 0 Å². The standard InChI is InChI=1S/C52H35NS/c1-4-13-36(14-5-1)39-27-30-44(31-28-39)53(49-23-12-24-50-52(49)47-32-29-42(35-51(47)54-50)38-17-8-3-9-18-38)45-21-10-20-43(33-45)46-22-11-19-40-25-26-41(34-48(40)46)37-15-6-2-7-16-37/h1-35H. The van der Waals surface area contributed by atoms with Crippen LogP contribution in [0.5, 0.6) is 0 Å². The van der Waals surface area contributed by atoms with Gasteiger partial charge >= 0.3 is 0 Å². The van der Waals surface area contributed by atoms with Crippen molar-refractivity contribution in [3.63, 3.8) is 0 Å². The first kappa shape index (κ1) is 32.0. The zero-order valence-electron chi connectivity index (χ0n) is 29.6. The van der Waals surface area contributed by atoms with Crippen molar-refractivity contribution in [3.05, 3.63) is 212 Å². The van der Waals surface area contributed by atoms with Crippen molar-refractivity contribution in [1.82, 2.24) is 0 Å². The summed E-state index contributed by atoms with van der Waals surface area (Å²) in [5, 5.41) is 5.02. The minimum absolute atomic E-state index is 1.11. The van der Waals surface area contributed by atoms with Gasteiger partial charge in [-0.15, -0.1) is 11.3 Å². The molecule has 1 aromatic heterocycles. The molecule has 10 rings (SSSR count). The summed E-state index contributed by atoms with van der Waals surface area (Å²) in [7, 11) is 0. The van der Waals surface area contributed by atoms with E-state index in [-0.39, 0.29) is 0 Å². The summed E-state index contributed by atoms with van der Waals surface area (Å²) in [6.45, 7) is 0. The first-order chi connectivity index (χ1) is 26.8. The summed E-state index contributed by atoms with van der Waals surface area (Å²) >= 11 is 1.87. The minimum atomic E-state index is 1.11. The molecule has 1 nitrogen and oxygen atoms in total. The smallest absolute Gasteiger partial charge is 0.0554 e. The Balaban J connectivity index is 1.15. The molecule has 0 bridgehead atoms. The van der Waals surface area contributed by atoms with Crippen LogP contribution in [0.1, 0.15) is 0 Å². The average Bonchev–Trinajstić information content (AvgIpc) is 3.63. The highest BCUT2D eigenvalue weighted by Gasteiger charge is 2.20. The highest BCUT2D eigenvalue weighted by molar-refractivity contribution is 7.26. The Morgan fingerprint density at radius 2 is 0.889 bits per heavy atom. The highest BCUT2D eigenvalue weighted by Crippen LogP contribution is 2.46. The van der Waals surface area contributed by atoms with Crippen molar-refractivity contribution in [2.24, 2.45) is 0 Å². The van der Waals surface area contributed by atoms with Crippen molar-refractivity contribution >= 4 is 59.3 Å². The first-order valence-electron chi connectivity index (χ1n) is 18.4. The third-order valence-electron chi connectivity index (χ3n) is 10.5. The summed E-state index contributed by atoms with van der Waals surface area (Å²) in [6, 6.07) is 77.1. The van der Waals surface area contributed by atoms with Gasteiger partial charge in [0, 0.05) is 31.5 Å². The van der Waals surface area contributed by atoms with E-state index in [4.69, 9.17) is 0 Å². The van der Waals surface area contributed by atoms with Crippen molar-refractivity contribution in [2.45, 2.75) is 0 Å². The molecule has 254 valence electrons. The van der Waals surface area contributed by atoms with Gasteiger partial charge in [-0.2, -0.15) is 0 Å². The number of hydrogen-bond acceptors (Lipinski definition) is 2. The Labute approximate surface area is 319 Å². The topological polar surface area (TPSA) is 3.24 Å². The second kappa shape index (κ2) is 13.7. The van der Waals surface area contributed by atoms with Crippen molar-refractivity contribution in [2.75, 3.05) is 4.90 Å². The lowest BCUT2D eigenvalue weighted by Crippen LogP contribution is -2.10. The number of fused-ring (bicyclic) bond motifs is 4. The van der Waals surface area contributed by atoms with Gasteiger partial charge in [0.25, 0.3) is 0 Å². The molecule has 0 aliphatic rings. The van der Waals surface area contributed by atoms with Gasteiger partial charge in [0.2, 0.25) is 0 Å². The van der Waals surface area contributed by atoms with E-state index in [1.807, 2.05) is 11.3 Å². The molecule has 0 aliphatic heterocycles. The number of anilines is 3. The normalized spacial score (nSPS) is 11.3. The van der Waals surface area contributed by atoms with Crippen LogP contribution in [-0.2, 0) is 0 Å². The Morgan fingerprint density at radius 1 is 0.315 bits per heavy atom. The lowest BCUT2D eigenvalue weighted by molar-refractivity contribution is 1.30. The molecule has 0 amide bonds. The van der Waals surface area contributed by atoms with Crippen LogP contribution in [0, 0.1) is 0 Å². The highest BCUT2D eigenvalue weighted by atomic mass is 32.1. The van der Waals surface area contributed by atoms with Crippen LogP contribution in [0.2, 0.25) is 0 Å². The van der Waals surface area contributed by atoms with Crippen molar-refractivity contribution in [3.8, 4) is 44.5 Å². The van der Waals surface area contributed by atoms with E-state index in [2.05, 4.69) is 217 Å². The first-order valence-corrected chi connectivity index (χ1v) is 19.2. The molecule has 9 aromatic carbocycles. The molecule has 10 aromatic rings. The van der Waals surface area contributed by atoms with Crippen LogP contribution < -0.4 is 4.90 Å². The fourth-order valence-corrected chi connectivity index (χ4v) is 8.98.